The maximum absolute atomic E-state index is 14.2. The van der Waals surface area contributed by atoms with Crippen LogP contribution in [0, 0.1) is 35.5 Å². The number of hydrogen-bond donors (Lipinski definition) is 4. The van der Waals surface area contributed by atoms with Crippen molar-refractivity contribution in [3.8, 4) is 6.07 Å². The Morgan fingerprint density at radius 3 is 2.36 bits per heavy atom. The van der Waals surface area contributed by atoms with Crippen LogP contribution >= 0.6 is 23.4 Å². The number of carbonyl (C=O) groups is 3. The summed E-state index contributed by atoms with van der Waals surface area (Å²) in [6.07, 6.45) is 8.14. The number of aliphatic hydroxyl groups is 2. The Morgan fingerprint density at radius 2 is 1.73 bits per heavy atom. The molecule has 9 rings (SSSR count). The first-order valence-corrected chi connectivity index (χ1v) is 27.2. The zero-order valence-corrected chi connectivity index (χ0v) is 44.3. The summed E-state index contributed by atoms with van der Waals surface area (Å²) in [5.74, 6) is 0.574. The first kappa shape index (κ1) is 53.4. The van der Waals surface area contributed by atoms with Gasteiger partial charge in [0.15, 0.2) is 5.82 Å². The number of nitrogens with zero attached hydrogens (tertiary/aromatic N) is 12. The number of aliphatic hydroxyl groups excluding tert-OH is 2. The number of piperidine rings is 2. The predicted molar refractivity (Wildman–Crippen MR) is 278 cm³/mol. The van der Waals surface area contributed by atoms with Gasteiger partial charge in [-0.3, -0.25) is 19.3 Å². The molecule has 5 aliphatic rings. The topological polar surface area (TPSA) is 248 Å². The van der Waals surface area contributed by atoms with Crippen LogP contribution in [0.5, 0.6) is 0 Å². The van der Waals surface area contributed by atoms with Crippen LogP contribution in [0.2, 0.25) is 5.02 Å². The van der Waals surface area contributed by atoms with Crippen LogP contribution in [0.1, 0.15) is 93.9 Å². The van der Waals surface area contributed by atoms with Crippen LogP contribution in [0.3, 0.4) is 0 Å². The molecule has 1 spiro atoms. The van der Waals surface area contributed by atoms with Crippen LogP contribution in [-0.4, -0.2) is 169 Å². The van der Waals surface area contributed by atoms with Gasteiger partial charge in [-0.1, -0.05) is 54.6 Å². The lowest BCUT2D eigenvalue weighted by atomic mass is 9.73. The van der Waals surface area contributed by atoms with Gasteiger partial charge in [-0.2, -0.15) is 5.26 Å². The van der Waals surface area contributed by atoms with E-state index in [4.69, 9.17) is 32.0 Å². The number of hydrogen-bond acceptors (Lipinski definition) is 17. The van der Waals surface area contributed by atoms with Gasteiger partial charge in [0.25, 0.3) is 0 Å². The van der Waals surface area contributed by atoms with Crippen molar-refractivity contribution < 1.29 is 29.3 Å². The van der Waals surface area contributed by atoms with E-state index in [0.29, 0.717) is 110 Å². The lowest BCUT2D eigenvalue weighted by molar-refractivity contribution is -0.142. The summed E-state index contributed by atoms with van der Waals surface area (Å²) in [6, 6.07) is 9.15. The summed E-state index contributed by atoms with van der Waals surface area (Å²) in [4.78, 5) is 67.3. The Hall–Kier alpha value is -5.47. The Balaban J connectivity index is 0.764. The van der Waals surface area contributed by atoms with E-state index in [2.05, 4.69) is 41.4 Å². The van der Waals surface area contributed by atoms with Crippen LogP contribution in [0.25, 0.3) is 0 Å². The van der Waals surface area contributed by atoms with Crippen LogP contribution < -0.4 is 20.9 Å². The number of β-amino-alcohol motifs (C(OH)–C–C–N with tert-alkyl or cyclic N) is 1. The first-order chi connectivity index (χ1) is 35.6. The number of rotatable bonds is 15. The van der Waals surface area contributed by atoms with Crippen molar-refractivity contribution in [3.63, 3.8) is 0 Å². The monoisotopic (exact) mass is 1050 g/mol. The van der Waals surface area contributed by atoms with Crippen molar-refractivity contribution in [2.45, 2.75) is 119 Å². The summed E-state index contributed by atoms with van der Waals surface area (Å²) >= 11 is 8.43. The van der Waals surface area contributed by atoms with Gasteiger partial charge in [0.2, 0.25) is 17.7 Å². The van der Waals surface area contributed by atoms with Gasteiger partial charge >= 0.3 is 0 Å². The van der Waals surface area contributed by atoms with E-state index in [9.17, 15) is 29.9 Å². The maximum atomic E-state index is 14.2. The number of nitriles is 1. The van der Waals surface area contributed by atoms with Crippen molar-refractivity contribution in [2.24, 2.45) is 23.0 Å². The van der Waals surface area contributed by atoms with Crippen molar-refractivity contribution in [1.82, 2.24) is 50.0 Å². The second-order valence-corrected chi connectivity index (χ2v) is 22.5. The van der Waals surface area contributed by atoms with Crippen LogP contribution in [0.4, 0.5) is 11.6 Å². The average Bonchev–Trinajstić information content (AvgIpc) is 4.11. The van der Waals surface area contributed by atoms with Crippen molar-refractivity contribution in [1.29, 1.82) is 5.26 Å². The molecule has 4 aromatic rings. The number of benzene rings is 1. The number of likely N-dealkylation sites (tertiary alicyclic amines) is 1. The van der Waals surface area contributed by atoms with Gasteiger partial charge in [-0.05, 0) is 75.6 Å². The molecular weight excluding hydrogens is 984 g/mol. The molecule has 0 saturated carbocycles. The molecule has 8 heterocycles. The summed E-state index contributed by atoms with van der Waals surface area (Å²) in [6.45, 7) is 14.1. The quantitative estimate of drug-likeness (QED) is 0.132. The first-order valence-electron chi connectivity index (χ1n) is 26.0. The molecule has 6 atom stereocenters. The minimum absolute atomic E-state index is 0.00630. The molecule has 396 valence electrons. The normalized spacial score (nSPS) is 23.4. The highest BCUT2D eigenvalue weighted by Gasteiger charge is 2.48. The number of carbonyl (C=O) groups excluding carboxylic acids is 3. The highest BCUT2D eigenvalue weighted by Crippen LogP contribution is 2.43. The third-order valence-electron chi connectivity index (χ3n) is 15.9. The van der Waals surface area contributed by atoms with Crippen LogP contribution in [-0.2, 0) is 25.7 Å². The summed E-state index contributed by atoms with van der Waals surface area (Å²) in [5, 5.41) is 43.2. The molecule has 5 N–H and O–H groups in total. The Bertz CT molecular complexity index is 2670. The SMILES string of the molecule is Cc1cn([C@H](C(=O)N2C[C@H](O)C[C@H]2C(=O)N[C@@H](CCN2CCN(C(=O)C3CCN(c4nccc(Sc5cnc(N6CCC7(CC6)CO[C@@H](C)[C@H]7N)c(CO)n5)c4Cl)CC3)CC2)c2ccc(C#N)cc2)C(C)C)nn1. The molecule has 0 radical (unpaired) electrons. The second kappa shape index (κ2) is 23.2. The lowest BCUT2D eigenvalue weighted by Crippen LogP contribution is -2.52. The lowest BCUT2D eigenvalue weighted by Gasteiger charge is -2.41. The number of piperazine rings is 1. The standard InChI is InChI=1S/C52H69ClN14O6S/c1-32(2)45(67-28-33(3)60-61-67)51(72)66-29-38(69)25-41(66)49(70)59-39(36-7-5-35(26-54)6-8-36)12-16-62-21-23-65(24-22-62)50(71)37-10-17-63(18-11-37)48-44(53)42(9-15-56-48)74-43-27-57-47(40(30-68)58-43)64-19-13-52(14-20-64)31-73-34(4)46(52)55/h5-9,15,27-28,32,34,37-39,41,45-46,68-69H,10-14,16-25,29-31,55H2,1-4H3,(H,59,70)/t34-,38+,39-,41-,45-,46+/m0/s1. The summed E-state index contributed by atoms with van der Waals surface area (Å²) in [7, 11) is 0. The number of amides is 3. The molecule has 0 unspecified atom stereocenters. The van der Waals surface area contributed by atoms with Gasteiger partial charge in [0.05, 0.1) is 60.0 Å². The highest BCUT2D eigenvalue weighted by molar-refractivity contribution is 7.99. The van der Waals surface area contributed by atoms with Crippen LogP contribution in [0.15, 0.2) is 58.8 Å². The van der Waals surface area contributed by atoms with E-state index in [1.54, 1.807) is 37.6 Å². The average molecular weight is 1050 g/mol. The summed E-state index contributed by atoms with van der Waals surface area (Å²) in [5.41, 5.74) is 9.04. The molecule has 3 aromatic heterocycles. The molecular formula is C52H69ClN14O6S. The Morgan fingerprint density at radius 1 is 1.01 bits per heavy atom. The second-order valence-electron chi connectivity index (χ2n) is 21.0. The van der Waals surface area contributed by atoms with E-state index in [1.807, 2.05) is 43.9 Å². The van der Waals surface area contributed by atoms with Gasteiger partial charge in [0.1, 0.15) is 28.6 Å². The van der Waals surface area contributed by atoms with Crippen molar-refractivity contribution >= 4 is 52.7 Å². The summed E-state index contributed by atoms with van der Waals surface area (Å²) < 4.78 is 7.44. The molecule has 74 heavy (non-hydrogen) atoms. The highest BCUT2D eigenvalue weighted by atomic mass is 35.5. The minimum atomic E-state index is -0.883. The molecule has 0 bridgehead atoms. The zero-order chi connectivity index (χ0) is 52.3. The number of nitrogens with one attached hydrogen (secondary N) is 1. The zero-order valence-electron chi connectivity index (χ0n) is 42.7. The van der Waals surface area contributed by atoms with E-state index < -0.39 is 24.2 Å². The largest absolute Gasteiger partial charge is 0.391 e. The van der Waals surface area contributed by atoms with E-state index in [0.717, 1.165) is 36.4 Å². The maximum Gasteiger partial charge on any atom is 0.248 e. The smallest absolute Gasteiger partial charge is 0.248 e. The molecule has 3 amide bonds. The number of aromatic nitrogens is 6. The predicted octanol–water partition coefficient (Wildman–Crippen LogP) is 3.74. The molecule has 5 aliphatic heterocycles. The van der Waals surface area contributed by atoms with E-state index in [-0.39, 0.29) is 66.7 Å². The third-order valence-corrected chi connectivity index (χ3v) is 17.3. The number of pyridine rings is 1. The fourth-order valence-electron chi connectivity index (χ4n) is 11.4. The number of anilines is 2. The molecule has 5 fully saturated rings. The molecule has 1 aromatic carbocycles. The molecule has 0 aliphatic carbocycles. The molecule has 20 nitrogen and oxygen atoms in total. The number of aryl methyl sites for hydroxylation is 1. The third kappa shape index (κ3) is 11.5. The fourth-order valence-corrected chi connectivity index (χ4v) is 12.6. The van der Waals surface area contributed by atoms with E-state index >= 15 is 0 Å². The molecule has 5 saturated heterocycles. The number of ether oxygens (including phenoxy) is 1. The Kier molecular flexibility index (Phi) is 16.7. The minimum Gasteiger partial charge on any atom is -0.391 e. The van der Waals surface area contributed by atoms with Gasteiger partial charge < -0.3 is 45.6 Å². The van der Waals surface area contributed by atoms with Gasteiger partial charge in [0, 0.05) is 107 Å². The van der Waals surface area contributed by atoms with Gasteiger partial charge in [-0.15, -0.1) is 5.10 Å². The fraction of sp³-hybridized carbons (Fsp3) is 0.596. The van der Waals surface area contributed by atoms with Gasteiger partial charge in [-0.25, -0.2) is 19.6 Å². The molecule has 22 heteroatoms. The number of nitrogens with two attached hydrogens (primary N) is 1. The van der Waals surface area contributed by atoms with Crippen molar-refractivity contribution in [2.75, 3.05) is 81.9 Å². The van der Waals surface area contributed by atoms with E-state index in [1.165, 1.54) is 21.3 Å². The Labute approximate surface area is 441 Å². The number of halogens is 1. The van der Waals surface area contributed by atoms with Crippen molar-refractivity contribution in [3.05, 3.63) is 76.5 Å².